The zero-order chi connectivity index (χ0) is 17.6. The van der Waals surface area contributed by atoms with Gasteiger partial charge in [0.15, 0.2) is 0 Å². The van der Waals surface area contributed by atoms with Crippen LogP contribution in [0.2, 0.25) is 0 Å². The molecule has 2 heterocycles. The molecule has 0 radical (unpaired) electrons. The van der Waals surface area contributed by atoms with Crippen molar-refractivity contribution in [3.05, 3.63) is 104 Å². The van der Waals surface area contributed by atoms with Crippen LogP contribution in [0, 0.1) is 0 Å². The molecule has 0 aliphatic rings. The Labute approximate surface area is 162 Å². The Balaban J connectivity index is 1.45. The molecule has 2 aromatic heterocycles. The minimum atomic E-state index is 1.22. The Morgan fingerprint density at radius 2 is 0.885 bits per heavy atom. The van der Waals surface area contributed by atoms with Gasteiger partial charge < -0.3 is 0 Å². The fourth-order valence-electron chi connectivity index (χ4n) is 2.70. The van der Waals surface area contributed by atoms with E-state index in [0.29, 0.717) is 0 Å². The molecule has 0 atom stereocenters. The quantitative estimate of drug-likeness (QED) is 0.336. The fraction of sp³-hybridized carbons (Fsp3) is 0. The van der Waals surface area contributed by atoms with Crippen LogP contribution in [0.5, 0.6) is 0 Å². The lowest BCUT2D eigenvalue weighted by Gasteiger charge is -2.03. The van der Waals surface area contributed by atoms with E-state index in [2.05, 4.69) is 108 Å². The van der Waals surface area contributed by atoms with Gasteiger partial charge in [-0.2, -0.15) is 0 Å². The Bertz CT molecular complexity index is 900. The summed E-state index contributed by atoms with van der Waals surface area (Å²) >= 11 is 3.51. The van der Waals surface area contributed by atoms with Gasteiger partial charge in [-0.1, -0.05) is 72.8 Å². The first-order chi connectivity index (χ1) is 12.9. The van der Waals surface area contributed by atoms with E-state index < -0.39 is 0 Å². The summed E-state index contributed by atoms with van der Waals surface area (Å²) in [6, 6.07) is 25.8. The summed E-state index contributed by atoms with van der Waals surface area (Å²) in [6.07, 6.45) is 8.64. The molecule has 0 fully saturated rings. The molecule has 26 heavy (non-hydrogen) atoms. The Kier molecular flexibility index (Phi) is 5.25. The molecule has 2 aromatic carbocycles. The van der Waals surface area contributed by atoms with Crippen molar-refractivity contribution in [1.29, 1.82) is 0 Å². The molecule has 0 nitrogen and oxygen atoms in total. The van der Waals surface area contributed by atoms with Gasteiger partial charge in [-0.15, -0.1) is 22.7 Å². The van der Waals surface area contributed by atoms with Gasteiger partial charge in [-0.05, 0) is 57.3 Å². The van der Waals surface area contributed by atoms with Gasteiger partial charge in [0, 0.05) is 9.75 Å². The third-order valence-electron chi connectivity index (χ3n) is 4.12. The van der Waals surface area contributed by atoms with Crippen molar-refractivity contribution in [3.8, 4) is 11.1 Å². The highest BCUT2D eigenvalue weighted by Gasteiger charge is 1.98. The van der Waals surface area contributed by atoms with Crippen LogP contribution in [0.15, 0.2) is 83.6 Å². The van der Waals surface area contributed by atoms with Crippen LogP contribution < -0.4 is 0 Å². The molecular weight excluding hydrogens is 352 g/mol. The monoisotopic (exact) mass is 370 g/mol. The minimum Gasteiger partial charge on any atom is -0.144 e. The summed E-state index contributed by atoms with van der Waals surface area (Å²) in [5.74, 6) is 0. The minimum absolute atomic E-state index is 1.22. The maximum absolute atomic E-state index is 2.19. The topological polar surface area (TPSA) is 0 Å². The summed E-state index contributed by atoms with van der Waals surface area (Å²) in [7, 11) is 0. The predicted octanol–water partition coefficient (Wildman–Crippen LogP) is 7.82. The van der Waals surface area contributed by atoms with Gasteiger partial charge >= 0.3 is 0 Å². The molecule has 126 valence electrons. The van der Waals surface area contributed by atoms with E-state index in [1.807, 2.05) is 0 Å². The van der Waals surface area contributed by atoms with Crippen molar-refractivity contribution in [2.75, 3.05) is 0 Å². The van der Waals surface area contributed by atoms with Crippen LogP contribution in [-0.2, 0) is 0 Å². The van der Waals surface area contributed by atoms with E-state index in [0.717, 1.165) is 0 Å². The highest BCUT2D eigenvalue weighted by molar-refractivity contribution is 7.11. The molecule has 0 spiro atoms. The molecule has 0 unspecified atom stereocenters. The van der Waals surface area contributed by atoms with Gasteiger partial charge in [-0.3, -0.25) is 0 Å². The van der Waals surface area contributed by atoms with Crippen molar-refractivity contribution < 1.29 is 0 Å². The average Bonchev–Trinajstić information content (AvgIpc) is 3.40. The second-order valence-corrected chi connectivity index (χ2v) is 7.90. The van der Waals surface area contributed by atoms with Crippen LogP contribution in [0.3, 0.4) is 0 Å². The van der Waals surface area contributed by atoms with E-state index in [-0.39, 0.29) is 0 Å². The van der Waals surface area contributed by atoms with Crippen LogP contribution in [0.1, 0.15) is 20.9 Å². The summed E-state index contributed by atoms with van der Waals surface area (Å²) in [4.78, 5) is 2.56. The van der Waals surface area contributed by atoms with Gasteiger partial charge in [0.25, 0.3) is 0 Å². The molecule has 4 aromatic rings. The second kappa shape index (κ2) is 8.13. The van der Waals surface area contributed by atoms with Crippen molar-refractivity contribution >= 4 is 47.0 Å². The third-order valence-corrected chi connectivity index (χ3v) is 5.80. The zero-order valence-corrected chi connectivity index (χ0v) is 15.8. The lowest BCUT2D eigenvalue weighted by Crippen LogP contribution is -1.79. The number of rotatable bonds is 5. The molecule has 4 rings (SSSR count). The van der Waals surface area contributed by atoms with Gasteiger partial charge in [-0.25, -0.2) is 0 Å². The second-order valence-electron chi connectivity index (χ2n) is 5.94. The SMILES string of the molecule is C(=C\c1cccs1)/c1ccc(-c2ccc(/C=C/c3cccs3)cc2)cc1. The highest BCUT2D eigenvalue weighted by atomic mass is 32.1. The van der Waals surface area contributed by atoms with Crippen LogP contribution >= 0.6 is 22.7 Å². The van der Waals surface area contributed by atoms with E-state index in [4.69, 9.17) is 0 Å². The van der Waals surface area contributed by atoms with Crippen LogP contribution in [-0.4, -0.2) is 0 Å². The van der Waals surface area contributed by atoms with Gasteiger partial charge in [0.2, 0.25) is 0 Å². The molecule has 0 amide bonds. The standard InChI is InChI=1S/C24H18S2/c1-3-23(25-17-1)15-9-19-5-11-21(12-6-19)22-13-7-20(8-14-22)10-16-24-4-2-18-26-24/h1-18H/b15-9+,16-10+. The first kappa shape index (κ1) is 16.8. The normalized spacial score (nSPS) is 11.5. The zero-order valence-electron chi connectivity index (χ0n) is 14.2. The largest absolute Gasteiger partial charge is 0.144 e. The summed E-state index contributed by atoms with van der Waals surface area (Å²) in [5.41, 5.74) is 4.93. The highest BCUT2D eigenvalue weighted by Crippen LogP contribution is 2.22. The molecule has 0 aliphatic carbocycles. The van der Waals surface area contributed by atoms with Crippen molar-refractivity contribution in [2.45, 2.75) is 0 Å². The number of hydrogen-bond acceptors (Lipinski definition) is 2. The van der Waals surface area contributed by atoms with E-state index >= 15 is 0 Å². The summed E-state index contributed by atoms with van der Waals surface area (Å²) in [5, 5.41) is 4.20. The molecule has 0 saturated carbocycles. The van der Waals surface area contributed by atoms with Crippen molar-refractivity contribution in [2.24, 2.45) is 0 Å². The lowest BCUT2D eigenvalue weighted by molar-refractivity contribution is 1.59. The molecule has 0 N–H and O–H groups in total. The molecule has 2 heteroatoms. The first-order valence-corrected chi connectivity index (χ1v) is 10.3. The Morgan fingerprint density at radius 1 is 0.462 bits per heavy atom. The van der Waals surface area contributed by atoms with Gasteiger partial charge in [0.1, 0.15) is 0 Å². The van der Waals surface area contributed by atoms with Crippen LogP contribution in [0.25, 0.3) is 35.4 Å². The predicted molar refractivity (Wildman–Crippen MR) is 118 cm³/mol. The third kappa shape index (κ3) is 4.29. The van der Waals surface area contributed by atoms with Crippen LogP contribution in [0.4, 0.5) is 0 Å². The van der Waals surface area contributed by atoms with Crippen molar-refractivity contribution in [3.63, 3.8) is 0 Å². The van der Waals surface area contributed by atoms with E-state index in [9.17, 15) is 0 Å². The van der Waals surface area contributed by atoms with Crippen molar-refractivity contribution in [1.82, 2.24) is 0 Å². The lowest BCUT2D eigenvalue weighted by atomic mass is 10.0. The maximum Gasteiger partial charge on any atom is 0.0270 e. The summed E-state index contributed by atoms with van der Waals surface area (Å²) < 4.78 is 0. The Hall–Kier alpha value is -2.68. The Morgan fingerprint density at radius 3 is 1.23 bits per heavy atom. The maximum atomic E-state index is 2.19. The first-order valence-electron chi connectivity index (χ1n) is 8.50. The number of hydrogen-bond donors (Lipinski definition) is 0. The average molecular weight is 371 g/mol. The number of benzene rings is 2. The van der Waals surface area contributed by atoms with Gasteiger partial charge in [0.05, 0.1) is 0 Å². The summed E-state index contributed by atoms with van der Waals surface area (Å²) in [6.45, 7) is 0. The molecular formula is C24H18S2. The number of thiophene rings is 2. The molecule has 0 bridgehead atoms. The fourth-order valence-corrected chi connectivity index (χ4v) is 3.94. The van der Waals surface area contributed by atoms with E-state index in [1.54, 1.807) is 22.7 Å². The molecule has 0 aliphatic heterocycles. The van der Waals surface area contributed by atoms with E-state index in [1.165, 1.54) is 32.0 Å². The molecule has 0 saturated heterocycles. The smallest absolute Gasteiger partial charge is 0.0270 e.